The normalized spacial score (nSPS) is 12.2. The highest BCUT2D eigenvalue weighted by atomic mass is 127. The van der Waals surface area contributed by atoms with E-state index in [0.717, 1.165) is 0 Å². The number of nitrogens with zero attached hydrogens (tertiary/aromatic N) is 2. The number of hydrogen-bond donors (Lipinski definition) is 0. The van der Waals surface area contributed by atoms with Gasteiger partial charge in [0.05, 0.1) is 5.54 Å². The Morgan fingerprint density at radius 3 is 2.00 bits per heavy atom. The Morgan fingerprint density at radius 2 is 1.83 bits per heavy atom. The fourth-order valence-electron chi connectivity index (χ4n) is 0.798. The largest absolute Gasteiger partial charge is 0.250 e. The summed E-state index contributed by atoms with van der Waals surface area (Å²) in [5, 5.41) is 4.10. The Bertz CT molecular complexity index is 301. The van der Waals surface area contributed by atoms with Gasteiger partial charge in [-0.1, -0.05) is 0 Å². The first-order chi connectivity index (χ1) is 5.34. The molecule has 1 rings (SSSR count). The van der Waals surface area contributed by atoms with E-state index >= 15 is 0 Å². The van der Waals surface area contributed by atoms with Gasteiger partial charge >= 0.3 is 0 Å². The first kappa shape index (κ1) is 10.7. The van der Waals surface area contributed by atoms with Gasteiger partial charge < -0.3 is 0 Å². The second-order valence-corrected chi connectivity index (χ2v) is 5.52. The summed E-state index contributed by atoms with van der Waals surface area (Å²) in [6.45, 7) is 5.99. The molecule has 68 valence electrons. The highest BCUT2D eigenvalue weighted by Gasteiger charge is 2.22. The molecule has 0 atom stereocenters. The van der Waals surface area contributed by atoms with Gasteiger partial charge in [-0.05, 0) is 66.0 Å². The minimum atomic E-state index is -0.217. The highest BCUT2D eigenvalue weighted by Crippen LogP contribution is 2.23. The monoisotopic (exact) mass is 394 g/mol. The molecule has 0 saturated carbocycles. The summed E-state index contributed by atoms with van der Waals surface area (Å²) in [6.07, 6.45) is 0. The van der Waals surface area contributed by atoms with Crippen molar-refractivity contribution in [2.24, 2.45) is 0 Å². The number of aromatic nitrogens is 2. The van der Waals surface area contributed by atoms with Gasteiger partial charge in [0.15, 0.2) is 9.52 Å². The van der Waals surface area contributed by atoms with E-state index < -0.39 is 0 Å². The van der Waals surface area contributed by atoms with Crippen molar-refractivity contribution >= 4 is 45.2 Å². The van der Waals surface area contributed by atoms with Crippen LogP contribution < -0.4 is 0 Å². The standard InChI is InChI=1S/C7H9FI2N2/c1-7(2,3)12-6(10)4(8)5(9)11-12/h1-3H3. The van der Waals surface area contributed by atoms with Crippen molar-refractivity contribution < 1.29 is 4.39 Å². The zero-order valence-corrected chi connectivity index (χ0v) is 11.3. The van der Waals surface area contributed by atoms with Crippen molar-refractivity contribution in [2.45, 2.75) is 26.3 Å². The second-order valence-electron chi connectivity index (χ2n) is 3.48. The van der Waals surface area contributed by atoms with Gasteiger partial charge in [-0.3, -0.25) is 0 Å². The summed E-state index contributed by atoms with van der Waals surface area (Å²) in [5.41, 5.74) is -0.152. The van der Waals surface area contributed by atoms with Crippen molar-refractivity contribution in [1.29, 1.82) is 0 Å². The van der Waals surface area contributed by atoms with Crippen LogP contribution in [0.25, 0.3) is 0 Å². The van der Waals surface area contributed by atoms with Crippen LogP contribution >= 0.6 is 45.2 Å². The van der Waals surface area contributed by atoms with Gasteiger partial charge in [-0.25, -0.2) is 9.07 Å². The summed E-state index contributed by atoms with van der Waals surface area (Å²) in [5.74, 6) is -0.217. The van der Waals surface area contributed by atoms with E-state index in [4.69, 9.17) is 0 Å². The van der Waals surface area contributed by atoms with Gasteiger partial charge in [-0.2, -0.15) is 5.10 Å². The van der Waals surface area contributed by atoms with E-state index in [9.17, 15) is 4.39 Å². The molecular weight excluding hydrogens is 385 g/mol. The van der Waals surface area contributed by atoms with Crippen molar-refractivity contribution in [3.8, 4) is 0 Å². The molecule has 0 amide bonds. The third-order valence-electron chi connectivity index (χ3n) is 1.37. The molecule has 1 aromatic rings. The average Bonchev–Trinajstić information content (AvgIpc) is 2.15. The molecule has 1 aromatic heterocycles. The lowest BCUT2D eigenvalue weighted by Crippen LogP contribution is -2.24. The van der Waals surface area contributed by atoms with Crippen LogP contribution in [-0.4, -0.2) is 9.78 Å². The zero-order valence-electron chi connectivity index (χ0n) is 7.03. The van der Waals surface area contributed by atoms with Crippen LogP contribution in [0.5, 0.6) is 0 Å². The molecule has 0 N–H and O–H groups in total. The Kier molecular flexibility index (Phi) is 3.02. The molecule has 12 heavy (non-hydrogen) atoms. The van der Waals surface area contributed by atoms with E-state index in [1.54, 1.807) is 4.68 Å². The summed E-state index contributed by atoms with van der Waals surface area (Å²) < 4.78 is 15.9. The van der Waals surface area contributed by atoms with Gasteiger partial charge in [0, 0.05) is 0 Å². The van der Waals surface area contributed by atoms with Crippen LogP contribution in [0.1, 0.15) is 20.8 Å². The first-order valence-corrected chi connectivity index (χ1v) is 5.60. The van der Waals surface area contributed by atoms with Crippen LogP contribution in [0, 0.1) is 13.2 Å². The lowest BCUT2D eigenvalue weighted by atomic mass is 10.1. The smallest absolute Gasteiger partial charge is 0.188 e. The van der Waals surface area contributed by atoms with E-state index in [0.29, 0.717) is 7.40 Å². The predicted octanol–water partition coefficient (Wildman–Crippen LogP) is 2.99. The van der Waals surface area contributed by atoms with Crippen molar-refractivity contribution in [2.75, 3.05) is 0 Å². The van der Waals surface area contributed by atoms with E-state index in [-0.39, 0.29) is 11.4 Å². The van der Waals surface area contributed by atoms with Crippen LogP contribution in [0.4, 0.5) is 4.39 Å². The lowest BCUT2D eigenvalue weighted by Gasteiger charge is -2.19. The lowest BCUT2D eigenvalue weighted by molar-refractivity contribution is 0.344. The van der Waals surface area contributed by atoms with E-state index in [2.05, 4.69) is 5.10 Å². The van der Waals surface area contributed by atoms with Crippen LogP contribution in [-0.2, 0) is 5.54 Å². The van der Waals surface area contributed by atoms with Crippen molar-refractivity contribution in [1.82, 2.24) is 9.78 Å². The molecule has 0 unspecified atom stereocenters. The zero-order chi connectivity index (χ0) is 9.52. The fraction of sp³-hybridized carbons (Fsp3) is 0.571. The maximum absolute atomic E-state index is 13.2. The molecule has 0 saturated heterocycles. The van der Waals surface area contributed by atoms with E-state index in [1.165, 1.54) is 0 Å². The number of hydrogen-bond acceptors (Lipinski definition) is 1. The molecule has 0 fully saturated rings. The highest BCUT2D eigenvalue weighted by molar-refractivity contribution is 14.1. The van der Waals surface area contributed by atoms with Gasteiger partial charge in [0.2, 0.25) is 0 Å². The van der Waals surface area contributed by atoms with Crippen LogP contribution in [0.2, 0.25) is 0 Å². The molecule has 0 aliphatic heterocycles. The Hall–Kier alpha value is 0.600. The Labute approximate surface area is 98.2 Å². The minimum Gasteiger partial charge on any atom is -0.250 e. The van der Waals surface area contributed by atoms with Gasteiger partial charge in [0.1, 0.15) is 3.70 Å². The van der Waals surface area contributed by atoms with E-state index in [1.807, 2.05) is 66.0 Å². The summed E-state index contributed by atoms with van der Waals surface area (Å²) in [4.78, 5) is 0. The fourth-order valence-corrected chi connectivity index (χ4v) is 2.87. The number of halogens is 3. The van der Waals surface area contributed by atoms with Crippen LogP contribution in [0.3, 0.4) is 0 Å². The molecular formula is C7H9FI2N2. The van der Waals surface area contributed by atoms with Crippen molar-refractivity contribution in [3.05, 3.63) is 13.2 Å². The topological polar surface area (TPSA) is 17.8 Å². The Morgan fingerprint density at radius 1 is 1.33 bits per heavy atom. The molecule has 0 bridgehead atoms. The number of rotatable bonds is 0. The quantitative estimate of drug-likeness (QED) is 0.619. The molecule has 0 spiro atoms. The second kappa shape index (κ2) is 3.39. The first-order valence-electron chi connectivity index (χ1n) is 3.44. The minimum absolute atomic E-state index is 0.152. The maximum Gasteiger partial charge on any atom is 0.188 e. The predicted molar refractivity (Wildman–Crippen MR) is 62.6 cm³/mol. The Balaban J connectivity index is 3.28. The third-order valence-corrected chi connectivity index (χ3v) is 2.99. The molecule has 5 heteroatoms. The molecule has 2 nitrogen and oxygen atoms in total. The van der Waals surface area contributed by atoms with Crippen molar-refractivity contribution in [3.63, 3.8) is 0 Å². The summed E-state index contributed by atoms with van der Waals surface area (Å²) in [6, 6.07) is 0. The van der Waals surface area contributed by atoms with Gasteiger partial charge in [-0.15, -0.1) is 0 Å². The van der Waals surface area contributed by atoms with Gasteiger partial charge in [0.25, 0.3) is 0 Å². The molecule has 0 aromatic carbocycles. The SMILES string of the molecule is CC(C)(C)n1nc(I)c(F)c1I. The molecule has 0 radical (unpaired) electrons. The maximum atomic E-state index is 13.2. The summed E-state index contributed by atoms with van der Waals surface area (Å²) in [7, 11) is 0. The summed E-state index contributed by atoms with van der Waals surface area (Å²) >= 11 is 3.87. The molecule has 1 heterocycles. The molecule has 0 aliphatic carbocycles. The van der Waals surface area contributed by atoms with Crippen LogP contribution in [0.15, 0.2) is 0 Å². The molecule has 0 aliphatic rings. The average molecular weight is 394 g/mol. The third kappa shape index (κ3) is 1.91.